The SMILES string of the molecule is CN1CCC(N(c2ccc3c(c2)CC(C(=O)O)N3)C2CC2)CC1. The third-order valence-corrected chi connectivity index (χ3v) is 5.46. The zero-order valence-corrected chi connectivity index (χ0v) is 13.7. The minimum atomic E-state index is -0.767. The van der Waals surface area contributed by atoms with E-state index in [0.29, 0.717) is 18.5 Å². The van der Waals surface area contributed by atoms with E-state index in [1.165, 1.54) is 44.5 Å². The van der Waals surface area contributed by atoms with Gasteiger partial charge < -0.3 is 20.2 Å². The van der Waals surface area contributed by atoms with Gasteiger partial charge in [0.25, 0.3) is 0 Å². The molecule has 0 aromatic heterocycles. The van der Waals surface area contributed by atoms with Crippen LogP contribution in [0.5, 0.6) is 0 Å². The molecule has 2 N–H and O–H groups in total. The molecule has 0 radical (unpaired) electrons. The Morgan fingerprint density at radius 3 is 2.57 bits per heavy atom. The Balaban J connectivity index is 1.56. The first-order chi connectivity index (χ1) is 11.1. The zero-order chi connectivity index (χ0) is 16.0. The van der Waals surface area contributed by atoms with Crippen LogP contribution in [0.25, 0.3) is 0 Å². The minimum Gasteiger partial charge on any atom is -0.480 e. The molecular weight excluding hydrogens is 290 g/mol. The third kappa shape index (κ3) is 2.90. The van der Waals surface area contributed by atoms with Crippen molar-refractivity contribution in [3.63, 3.8) is 0 Å². The number of hydrogen-bond acceptors (Lipinski definition) is 4. The molecular formula is C18H25N3O2. The first kappa shape index (κ1) is 14.8. The number of hydrogen-bond donors (Lipinski definition) is 2. The molecule has 1 aliphatic carbocycles. The monoisotopic (exact) mass is 315 g/mol. The average molecular weight is 315 g/mol. The number of aliphatic carboxylic acids is 1. The van der Waals surface area contributed by atoms with Crippen molar-refractivity contribution in [3.05, 3.63) is 23.8 Å². The van der Waals surface area contributed by atoms with Crippen molar-refractivity contribution in [3.8, 4) is 0 Å². The summed E-state index contributed by atoms with van der Waals surface area (Å²) < 4.78 is 0. The molecule has 5 nitrogen and oxygen atoms in total. The van der Waals surface area contributed by atoms with Gasteiger partial charge in [-0.05, 0) is 69.6 Å². The molecule has 4 rings (SSSR count). The third-order valence-electron chi connectivity index (χ3n) is 5.46. The van der Waals surface area contributed by atoms with Gasteiger partial charge in [-0.1, -0.05) is 0 Å². The van der Waals surface area contributed by atoms with Crippen LogP contribution >= 0.6 is 0 Å². The topological polar surface area (TPSA) is 55.8 Å². The molecule has 23 heavy (non-hydrogen) atoms. The summed E-state index contributed by atoms with van der Waals surface area (Å²) >= 11 is 0. The van der Waals surface area contributed by atoms with Gasteiger partial charge in [0.1, 0.15) is 6.04 Å². The van der Waals surface area contributed by atoms with E-state index in [2.05, 4.69) is 40.4 Å². The lowest BCUT2D eigenvalue weighted by Crippen LogP contribution is -2.45. The van der Waals surface area contributed by atoms with Gasteiger partial charge in [0.15, 0.2) is 0 Å². The van der Waals surface area contributed by atoms with E-state index in [9.17, 15) is 9.90 Å². The number of likely N-dealkylation sites (tertiary alicyclic amines) is 1. The van der Waals surface area contributed by atoms with E-state index in [1.54, 1.807) is 0 Å². The molecule has 0 bridgehead atoms. The number of nitrogens with one attached hydrogen (secondary N) is 1. The molecule has 1 aromatic carbocycles. The maximum Gasteiger partial charge on any atom is 0.326 e. The van der Waals surface area contributed by atoms with Crippen LogP contribution in [-0.4, -0.2) is 54.2 Å². The summed E-state index contributed by atoms with van der Waals surface area (Å²) in [4.78, 5) is 16.2. The molecule has 2 aliphatic heterocycles. The number of fused-ring (bicyclic) bond motifs is 1. The van der Waals surface area contributed by atoms with Gasteiger partial charge in [-0.25, -0.2) is 4.79 Å². The highest BCUT2D eigenvalue weighted by molar-refractivity contribution is 5.82. The first-order valence-corrected chi connectivity index (χ1v) is 8.71. The fraction of sp³-hybridized carbons (Fsp3) is 0.611. The first-order valence-electron chi connectivity index (χ1n) is 8.71. The Morgan fingerprint density at radius 1 is 1.22 bits per heavy atom. The summed E-state index contributed by atoms with van der Waals surface area (Å²) in [6.45, 7) is 2.34. The number of piperidine rings is 1. The quantitative estimate of drug-likeness (QED) is 0.892. The van der Waals surface area contributed by atoms with Crippen LogP contribution in [0.1, 0.15) is 31.2 Å². The molecule has 2 fully saturated rings. The second-order valence-electron chi connectivity index (χ2n) is 7.25. The van der Waals surface area contributed by atoms with Gasteiger partial charge in [0.2, 0.25) is 0 Å². The highest BCUT2D eigenvalue weighted by Crippen LogP contribution is 2.38. The molecule has 1 aromatic rings. The maximum atomic E-state index is 11.2. The van der Waals surface area contributed by atoms with Crippen molar-refractivity contribution in [1.82, 2.24) is 4.90 Å². The van der Waals surface area contributed by atoms with Gasteiger partial charge in [0, 0.05) is 29.9 Å². The molecule has 1 saturated heterocycles. The summed E-state index contributed by atoms with van der Waals surface area (Å²) in [5, 5.41) is 12.3. The van der Waals surface area contributed by atoms with E-state index in [1.807, 2.05) is 0 Å². The fourth-order valence-corrected chi connectivity index (χ4v) is 4.00. The summed E-state index contributed by atoms with van der Waals surface area (Å²) in [7, 11) is 2.20. The highest BCUT2D eigenvalue weighted by atomic mass is 16.4. The van der Waals surface area contributed by atoms with Gasteiger partial charge >= 0.3 is 5.97 Å². The van der Waals surface area contributed by atoms with E-state index in [4.69, 9.17) is 0 Å². The van der Waals surface area contributed by atoms with Crippen LogP contribution in [-0.2, 0) is 11.2 Å². The summed E-state index contributed by atoms with van der Waals surface area (Å²) in [5.41, 5.74) is 3.42. The van der Waals surface area contributed by atoms with E-state index in [-0.39, 0.29) is 0 Å². The number of carbonyl (C=O) groups is 1. The standard InChI is InChI=1S/C18H25N3O2/c1-20-8-6-14(7-9-20)21(13-2-3-13)15-4-5-16-12(10-15)11-17(19-16)18(22)23/h4-5,10,13-14,17,19H,2-3,6-9,11H2,1H3,(H,22,23). The number of carboxylic acids is 1. The number of benzene rings is 1. The number of rotatable bonds is 4. The van der Waals surface area contributed by atoms with Crippen molar-refractivity contribution >= 4 is 17.3 Å². The molecule has 5 heteroatoms. The van der Waals surface area contributed by atoms with Crippen LogP contribution in [0.15, 0.2) is 18.2 Å². The zero-order valence-electron chi connectivity index (χ0n) is 13.7. The molecule has 1 saturated carbocycles. The molecule has 2 heterocycles. The predicted molar refractivity (Wildman–Crippen MR) is 91.2 cm³/mol. The lowest BCUT2D eigenvalue weighted by Gasteiger charge is -2.39. The molecule has 1 unspecified atom stereocenters. The van der Waals surface area contributed by atoms with Crippen molar-refractivity contribution < 1.29 is 9.90 Å². The Kier molecular flexibility index (Phi) is 3.68. The lowest BCUT2D eigenvalue weighted by molar-refractivity contribution is -0.137. The van der Waals surface area contributed by atoms with Gasteiger partial charge in [0.05, 0.1) is 0 Å². The van der Waals surface area contributed by atoms with E-state index in [0.717, 1.165) is 11.3 Å². The largest absolute Gasteiger partial charge is 0.480 e. The van der Waals surface area contributed by atoms with E-state index >= 15 is 0 Å². The van der Waals surface area contributed by atoms with Crippen LogP contribution in [0, 0.1) is 0 Å². The summed E-state index contributed by atoms with van der Waals surface area (Å²) in [6.07, 6.45) is 5.61. The minimum absolute atomic E-state index is 0.474. The Hall–Kier alpha value is -1.75. The van der Waals surface area contributed by atoms with E-state index < -0.39 is 12.0 Å². The molecule has 124 valence electrons. The Labute approximate surface area is 137 Å². The fourth-order valence-electron chi connectivity index (χ4n) is 4.00. The van der Waals surface area contributed by atoms with Crippen LogP contribution in [0.3, 0.4) is 0 Å². The van der Waals surface area contributed by atoms with Gasteiger partial charge in [-0.3, -0.25) is 0 Å². The van der Waals surface area contributed by atoms with Gasteiger partial charge in [-0.15, -0.1) is 0 Å². The Bertz CT molecular complexity index is 606. The predicted octanol–water partition coefficient (Wildman–Crippen LogP) is 2.17. The van der Waals surface area contributed by atoms with Crippen LogP contribution in [0.4, 0.5) is 11.4 Å². The Morgan fingerprint density at radius 2 is 1.91 bits per heavy atom. The normalized spacial score (nSPS) is 25.0. The second-order valence-corrected chi connectivity index (χ2v) is 7.25. The summed E-state index contributed by atoms with van der Waals surface area (Å²) in [5.74, 6) is -0.767. The van der Waals surface area contributed by atoms with Crippen molar-refractivity contribution in [2.45, 2.75) is 50.2 Å². The van der Waals surface area contributed by atoms with Crippen molar-refractivity contribution in [1.29, 1.82) is 0 Å². The number of anilines is 2. The van der Waals surface area contributed by atoms with Crippen molar-refractivity contribution in [2.75, 3.05) is 30.4 Å². The number of carboxylic acid groups (broad SMARTS) is 1. The summed E-state index contributed by atoms with van der Waals surface area (Å²) in [6, 6.07) is 7.30. The average Bonchev–Trinajstić information content (AvgIpc) is 3.26. The molecule has 0 amide bonds. The molecule has 3 aliphatic rings. The number of nitrogens with zero attached hydrogens (tertiary/aromatic N) is 2. The van der Waals surface area contributed by atoms with Crippen LogP contribution < -0.4 is 10.2 Å². The van der Waals surface area contributed by atoms with Crippen molar-refractivity contribution in [2.24, 2.45) is 0 Å². The van der Waals surface area contributed by atoms with Gasteiger partial charge in [-0.2, -0.15) is 0 Å². The molecule has 1 atom stereocenters. The lowest BCUT2D eigenvalue weighted by atomic mass is 10.0. The van der Waals surface area contributed by atoms with Crippen LogP contribution in [0.2, 0.25) is 0 Å². The highest BCUT2D eigenvalue weighted by Gasteiger charge is 2.36. The molecule has 0 spiro atoms. The maximum absolute atomic E-state index is 11.2. The smallest absolute Gasteiger partial charge is 0.326 e. The second kappa shape index (κ2) is 5.71.